The predicted octanol–water partition coefficient (Wildman–Crippen LogP) is 3.90. The summed E-state index contributed by atoms with van der Waals surface area (Å²) in [7, 11) is 0. The van der Waals surface area contributed by atoms with Gasteiger partial charge in [-0.25, -0.2) is 4.39 Å². The van der Waals surface area contributed by atoms with E-state index in [0.717, 1.165) is 6.42 Å². The van der Waals surface area contributed by atoms with Crippen LogP contribution in [0.5, 0.6) is 0 Å². The molecule has 1 aliphatic rings. The lowest BCUT2D eigenvalue weighted by Gasteiger charge is -2.02. The van der Waals surface area contributed by atoms with Crippen molar-refractivity contribution in [3.63, 3.8) is 0 Å². The molecule has 1 aromatic rings. The van der Waals surface area contributed by atoms with Gasteiger partial charge in [-0.15, -0.1) is 0 Å². The summed E-state index contributed by atoms with van der Waals surface area (Å²) in [5.41, 5.74) is 2.55. The van der Waals surface area contributed by atoms with Crippen molar-refractivity contribution < 1.29 is 4.39 Å². The zero-order valence-corrected chi connectivity index (χ0v) is 8.60. The van der Waals surface area contributed by atoms with E-state index in [2.05, 4.69) is 6.92 Å². The molecule has 0 saturated carbocycles. The van der Waals surface area contributed by atoms with Crippen LogP contribution in [0.15, 0.2) is 18.2 Å². The first-order chi connectivity index (χ1) is 6.27. The minimum atomic E-state index is -0.0995. The maximum absolute atomic E-state index is 12.7. The summed E-state index contributed by atoms with van der Waals surface area (Å²) in [6.45, 7) is 6.16. The van der Waals surface area contributed by atoms with E-state index < -0.39 is 0 Å². The first-order valence-electron chi connectivity index (χ1n) is 5.05. The Hall–Kier alpha value is -0.850. The minimum Gasteiger partial charge on any atom is -0.207 e. The highest BCUT2D eigenvalue weighted by Crippen LogP contribution is 2.32. The van der Waals surface area contributed by atoms with Gasteiger partial charge >= 0.3 is 0 Å². The molecule has 0 N–H and O–H groups in total. The van der Waals surface area contributed by atoms with Gasteiger partial charge in [-0.05, 0) is 42.0 Å². The Labute approximate surface area is 79.8 Å². The van der Waals surface area contributed by atoms with E-state index in [0.29, 0.717) is 5.92 Å². The normalized spacial score (nSPS) is 18.9. The van der Waals surface area contributed by atoms with E-state index in [1.165, 1.54) is 17.5 Å². The Kier molecular flexibility index (Phi) is 3.47. The van der Waals surface area contributed by atoms with E-state index in [4.69, 9.17) is 0 Å². The third kappa shape index (κ3) is 2.09. The highest BCUT2D eigenvalue weighted by Gasteiger charge is 2.18. The van der Waals surface area contributed by atoms with Gasteiger partial charge in [0.1, 0.15) is 5.82 Å². The molecule has 0 aliphatic heterocycles. The van der Waals surface area contributed by atoms with Crippen molar-refractivity contribution in [2.75, 3.05) is 0 Å². The highest BCUT2D eigenvalue weighted by molar-refractivity contribution is 5.34. The number of rotatable bonds is 0. The van der Waals surface area contributed by atoms with Crippen LogP contribution in [-0.2, 0) is 6.42 Å². The zero-order chi connectivity index (χ0) is 9.84. The molecule has 1 atom stereocenters. The number of aryl methyl sites for hydroxylation is 1. The molecule has 0 nitrogen and oxygen atoms in total. The van der Waals surface area contributed by atoms with Crippen LogP contribution in [0.2, 0.25) is 0 Å². The number of fused-ring (bicyclic) bond motifs is 1. The van der Waals surface area contributed by atoms with Gasteiger partial charge in [0.05, 0.1) is 0 Å². The Morgan fingerprint density at radius 2 is 2.00 bits per heavy atom. The molecule has 0 spiro atoms. The molecule has 72 valence electrons. The van der Waals surface area contributed by atoms with Gasteiger partial charge in [-0.3, -0.25) is 0 Å². The second-order valence-electron chi connectivity index (χ2n) is 3.28. The Morgan fingerprint density at radius 3 is 2.69 bits per heavy atom. The maximum atomic E-state index is 12.7. The average molecular weight is 180 g/mol. The van der Waals surface area contributed by atoms with Gasteiger partial charge in [-0.2, -0.15) is 0 Å². The van der Waals surface area contributed by atoms with Crippen LogP contribution in [-0.4, -0.2) is 0 Å². The van der Waals surface area contributed by atoms with Gasteiger partial charge in [0.15, 0.2) is 0 Å². The summed E-state index contributed by atoms with van der Waals surface area (Å²) in [5, 5.41) is 0. The third-order valence-electron chi connectivity index (χ3n) is 2.49. The quantitative estimate of drug-likeness (QED) is 0.568. The summed E-state index contributed by atoms with van der Waals surface area (Å²) in [4.78, 5) is 0. The van der Waals surface area contributed by atoms with E-state index in [1.807, 2.05) is 19.9 Å². The largest absolute Gasteiger partial charge is 0.207 e. The number of benzene rings is 1. The Bertz CT molecular complexity index is 278. The summed E-state index contributed by atoms with van der Waals surface area (Å²) < 4.78 is 12.7. The fourth-order valence-corrected chi connectivity index (χ4v) is 1.78. The first-order valence-corrected chi connectivity index (χ1v) is 5.05. The minimum absolute atomic E-state index is 0.0995. The molecule has 1 aliphatic carbocycles. The number of hydrogen-bond acceptors (Lipinski definition) is 0. The Balaban J connectivity index is 0.000000396. The van der Waals surface area contributed by atoms with Crippen LogP contribution < -0.4 is 0 Å². The fourth-order valence-electron chi connectivity index (χ4n) is 1.78. The molecular formula is C12H17F. The molecule has 1 unspecified atom stereocenters. The van der Waals surface area contributed by atoms with Crippen molar-refractivity contribution in [3.05, 3.63) is 35.1 Å². The number of halogens is 1. The fraction of sp³-hybridized carbons (Fsp3) is 0.500. The lowest BCUT2D eigenvalue weighted by atomic mass is 10.0. The maximum Gasteiger partial charge on any atom is 0.123 e. The van der Waals surface area contributed by atoms with Gasteiger partial charge in [0.2, 0.25) is 0 Å². The molecule has 2 rings (SSSR count). The molecule has 0 fully saturated rings. The second kappa shape index (κ2) is 4.40. The van der Waals surface area contributed by atoms with E-state index >= 15 is 0 Å². The molecule has 1 aromatic carbocycles. The molecule has 0 saturated heterocycles. The van der Waals surface area contributed by atoms with E-state index in [9.17, 15) is 4.39 Å². The SMILES string of the molecule is CC.CC1CCc2ccc(F)cc21. The smallest absolute Gasteiger partial charge is 0.123 e. The average Bonchev–Trinajstić information content (AvgIpc) is 2.52. The van der Waals surface area contributed by atoms with Gasteiger partial charge in [0, 0.05) is 0 Å². The standard InChI is InChI=1S/C10H11F.C2H6/c1-7-2-3-8-4-5-9(11)6-10(7)8;1-2/h4-7H,2-3H2,1H3;1-2H3. The van der Waals surface area contributed by atoms with Crippen LogP contribution >= 0.6 is 0 Å². The van der Waals surface area contributed by atoms with Crippen molar-refractivity contribution in [3.8, 4) is 0 Å². The second-order valence-corrected chi connectivity index (χ2v) is 3.28. The van der Waals surface area contributed by atoms with Crippen molar-refractivity contribution >= 4 is 0 Å². The predicted molar refractivity (Wildman–Crippen MR) is 54.5 cm³/mol. The van der Waals surface area contributed by atoms with Crippen molar-refractivity contribution in [1.29, 1.82) is 0 Å². The van der Waals surface area contributed by atoms with Crippen LogP contribution in [0.4, 0.5) is 4.39 Å². The number of hydrogen-bond donors (Lipinski definition) is 0. The van der Waals surface area contributed by atoms with Crippen molar-refractivity contribution in [2.45, 2.75) is 39.5 Å². The third-order valence-corrected chi connectivity index (χ3v) is 2.49. The lowest BCUT2D eigenvalue weighted by Crippen LogP contribution is -1.87. The van der Waals surface area contributed by atoms with Crippen molar-refractivity contribution in [1.82, 2.24) is 0 Å². The molecule has 0 bridgehead atoms. The summed E-state index contributed by atoms with van der Waals surface area (Å²) >= 11 is 0. The topological polar surface area (TPSA) is 0 Å². The molecule has 0 radical (unpaired) electrons. The monoisotopic (exact) mass is 180 g/mol. The molecular weight excluding hydrogens is 163 g/mol. The summed E-state index contributed by atoms with van der Waals surface area (Å²) in [6, 6.07) is 5.14. The van der Waals surface area contributed by atoms with Gasteiger partial charge in [0.25, 0.3) is 0 Å². The van der Waals surface area contributed by atoms with Gasteiger partial charge in [-0.1, -0.05) is 26.8 Å². The molecule has 0 heterocycles. The van der Waals surface area contributed by atoms with Crippen LogP contribution in [0.1, 0.15) is 44.2 Å². The van der Waals surface area contributed by atoms with E-state index in [1.54, 1.807) is 12.1 Å². The zero-order valence-electron chi connectivity index (χ0n) is 8.60. The van der Waals surface area contributed by atoms with Crippen LogP contribution in [0.3, 0.4) is 0 Å². The molecule has 0 amide bonds. The van der Waals surface area contributed by atoms with Crippen LogP contribution in [0, 0.1) is 5.82 Å². The summed E-state index contributed by atoms with van der Waals surface area (Å²) in [5.74, 6) is 0.457. The molecule has 13 heavy (non-hydrogen) atoms. The molecule has 1 heteroatoms. The Morgan fingerprint density at radius 1 is 1.31 bits per heavy atom. The summed E-state index contributed by atoms with van der Waals surface area (Å²) in [6.07, 6.45) is 2.30. The van der Waals surface area contributed by atoms with Gasteiger partial charge < -0.3 is 0 Å². The first kappa shape index (κ1) is 10.2. The lowest BCUT2D eigenvalue weighted by molar-refractivity contribution is 0.623. The molecule has 0 aromatic heterocycles. The van der Waals surface area contributed by atoms with Crippen molar-refractivity contribution in [2.24, 2.45) is 0 Å². The van der Waals surface area contributed by atoms with E-state index in [-0.39, 0.29) is 5.82 Å². The van der Waals surface area contributed by atoms with Crippen LogP contribution in [0.25, 0.3) is 0 Å². The highest BCUT2D eigenvalue weighted by atomic mass is 19.1.